The first kappa shape index (κ1) is 42.6. The number of carbonyl (C=O) groups excluding carboxylic acids is 4. The second-order valence-corrected chi connectivity index (χ2v) is 17.4. The molecule has 1 saturated heterocycles. The number of ether oxygens (including phenoxy) is 4. The van der Waals surface area contributed by atoms with Gasteiger partial charge in [0, 0.05) is 19.2 Å². The van der Waals surface area contributed by atoms with Crippen LogP contribution in [0.25, 0.3) is 21.7 Å². The van der Waals surface area contributed by atoms with Crippen molar-refractivity contribution < 1.29 is 42.5 Å². The Hall–Kier alpha value is -5.59. The summed E-state index contributed by atoms with van der Waals surface area (Å²) in [7, 11) is 2.88. The van der Waals surface area contributed by atoms with Crippen molar-refractivity contribution in [3.63, 3.8) is 0 Å². The lowest BCUT2D eigenvalue weighted by atomic mass is 9.88. The van der Waals surface area contributed by atoms with Crippen LogP contribution in [0.5, 0.6) is 5.75 Å². The van der Waals surface area contributed by atoms with Gasteiger partial charge in [0.05, 0.1) is 32.2 Å². The molecule has 0 aliphatic carbocycles. The van der Waals surface area contributed by atoms with E-state index in [9.17, 15) is 23.6 Å². The van der Waals surface area contributed by atoms with Gasteiger partial charge in [0.15, 0.2) is 28.5 Å². The molecule has 17 nitrogen and oxygen atoms in total. The summed E-state index contributed by atoms with van der Waals surface area (Å²) in [6.07, 6.45) is 0.738. The van der Waals surface area contributed by atoms with E-state index in [-0.39, 0.29) is 35.8 Å². The number of amides is 4. The summed E-state index contributed by atoms with van der Waals surface area (Å²) in [5.74, 6) is -1.06. The van der Waals surface area contributed by atoms with Gasteiger partial charge in [-0.25, -0.2) is 38.7 Å². The largest absolute Gasteiger partial charge is 0.494 e. The lowest BCUT2D eigenvalue weighted by Gasteiger charge is -2.42. The normalized spacial score (nSPS) is 16.2. The molecule has 3 aromatic heterocycles. The summed E-state index contributed by atoms with van der Waals surface area (Å²) in [5, 5.41) is 6.65. The highest BCUT2D eigenvalue weighted by Gasteiger charge is 2.45. The number of thiazole rings is 1. The van der Waals surface area contributed by atoms with Crippen LogP contribution in [0, 0.1) is 5.82 Å². The molecule has 1 aromatic carbocycles. The van der Waals surface area contributed by atoms with E-state index >= 15 is 0 Å². The fraction of sp³-hybridized carbons (Fsp3) is 0.526. The topological polar surface area (TPSA) is 192 Å². The lowest BCUT2D eigenvalue weighted by molar-refractivity contribution is -0.127. The fourth-order valence-electron chi connectivity index (χ4n) is 6.10. The number of hydrogen-bond donors (Lipinski definition) is 2. The van der Waals surface area contributed by atoms with Gasteiger partial charge in [0.25, 0.3) is 0 Å². The predicted octanol–water partition coefficient (Wildman–Crippen LogP) is 6.43. The van der Waals surface area contributed by atoms with Crippen molar-refractivity contribution in [3.8, 4) is 16.3 Å². The van der Waals surface area contributed by atoms with Gasteiger partial charge in [-0.3, -0.25) is 4.79 Å². The summed E-state index contributed by atoms with van der Waals surface area (Å²) >= 11 is 1.28. The number of methoxy groups -OCH3 is 1. The van der Waals surface area contributed by atoms with Gasteiger partial charge in [0.2, 0.25) is 5.91 Å². The van der Waals surface area contributed by atoms with Gasteiger partial charge >= 0.3 is 18.3 Å². The molecule has 4 aromatic rings. The maximum absolute atomic E-state index is 15.0. The molecule has 4 heterocycles. The number of imidazole rings is 1. The molecule has 308 valence electrons. The van der Waals surface area contributed by atoms with Crippen molar-refractivity contribution in [3.05, 3.63) is 42.4 Å². The molecule has 1 aliphatic rings. The Morgan fingerprint density at radius 1 is 0.947 bits per heavy atom. The standard InChI is InChI=1S/C38H50FN9O8S/c1-35(2,3)54-32(50)45-38(31(49)40-10)15-12-16-46(19-38)30-24(44-29(57-30)22-13-14-25(53-11)23(39)17-22)18-47-21-43-26-27(47)41-20-42-28(26)48(33(51)55-36(4,5)6)34(52)56-37(7,8)9/h13-14,17,20-21H,12,15-16,18-19H2,1-11H3,(H,40,49)(H,45,50). The molecule has 19 heteroatoms. The first-order valence-corrected chi connectivity index (χ1v) is 19.1. The number of hydrogen-bond acceptors (Lipinski definition) is 14. The minimum Gasteiger partial charge on any atom is -0.494 e. The Morgan fingerprint density at radius 2 is 1.60 bits per heavy atom. The molecule has 5 rings (SSSR count). The number of rotatable bonds is 8. The number of alkyl carbamates (subject to hydrolysis) is 1. The van der Waals surface area contributed by atoms with Crippen LogP contribution < -0.4 is 25.2 Å². The first-order chi connectivity index (χ1) is 26.5. The van der Waals surface area contributed by atoms with Crippen LogP contribution in [-0.2, 0) is 25.5 Å². The number of likely N-dealkylation sites (N-methyl/N-ethyl adjacent to an activating group) is 1. The van der Waals surface area contributed by atoms with Crippen LogP contribution in [-0.4, -0.2) is 98.3 Å². The Labute approximate surface area is 334 Å². The highest BCUT2D eigenvalue weighted by atomic mass is 32.1. The Morgan fingerprint density at radius 3 is 2.18 bits per heavy atom. The third-order valence-electron chi connectivity index (χ3n) is 8.32. The molecule has 0 radical (unpaired) electrons. The highest BCUT2D eigenvalue weighted by Crippen LogP contribution is 2.40. The van der Waals surface area contributed by atoms with Gasteiger partial charge in [-0.1, -0.05) is 11.3 Å². The summed E-state index contributed by atoms with van der Waals surface area (Å²) in [6.45, 7) is 15.8. The minimum absolute atomic E-state index is 0.0548. The number of imide groups is 1. The van der Waals surface area contributed by atoms with Crippen LogP contribution in [0.2, 0.25) is 0 Å². The molecule has 0 bridgehead atoms. The number of aromatic nitrogens is 5. The number of anilines is 2. The average Bonchev–Trinajstić information content (AvgIpc) is 3.70. The van der Waals surface area contributed by atoms with Gasteiger partial charge in [-0.2, -0.15) is 4.90 Å². The number of benzene rings is 1. The Kier molecular flexibility index (Phi) is 12.0. The van der Waals surface area contributed by atoms with Crippen LogP contribution in [0.4, 0.5) is 29.6 Å². The Bertz CT molecular complexity index is 2130. The van der Waals surface area contributed by atoms with E-state index in [1.54, 1.807) is 72.9 Å². The van der Waals surface area contributed by atoms with Crippen LogP contribution in [0.3, 0.4) is 0 Å². The molecular weight excluding hydrogens is 762 g/mol. The smallest absolute Gasteiger partial charge is 0.425 e. The molecule has 57 heavy (non-hydrogen) atoms. The van der Waals surface area contributed by atoms with Crippen LogP contribution >= 0.6 is 11.3 Å². The quantitative estimate of drug-likeness (QED) is 0.185. The molecular formula is C38H50FN9O8S. The van der Waals surface area contributed by atoms with E-state index in [0.29, 0.717) is 45.6 Å². The molecule has 1 unspecified atom stereocenters. The van der Waals surface area contributed by atoms with Crippen molar-refractivity contribution in [1.82, 2.24) is 35.1 Å². The van der Waals surface area contributed by atoms with Crippen molar-refractivity contribution in [2.45, 2.75) is 104 Å². The summed E-state index contributed by atoms with van der Waals surface area (Å²) < 4.78 is 38.4. The maximum atomic E-state index is 15.0. The van der Waals surface area contributed by atoms with E-state index in [2.05, 4.69) is 25.6 Å². The number of carbonyl (C=O) groups is 4. The second kappa shape index (κ2) is 16.1. The van der Waals surface area contributed by atoms with Gasteiger partial charge in [-0.15, -0.1) is 0 Å². The van der Waals surface area contributed by atoms with E-state index < -0.39 is 52.3 Å². The zero-order valence-electron chi connectivity index (χ0n) is 34.1. The van der Waals surface area contributed by atoms with Crippen molar-refractivity contribution in [2.75, 3.05) is 37.0 Å². The van der Waals surface area contributed by atoms with E-state index in [4.69, 9.17) is 23.9 Å². The van der Waals surface area contributed by atoms with Crippen molar-refractivity contribution in [1.29, 1.82) is 0 Å². The summed E-state index contributed by atoms with van der Waals surface area (Å²) in [5.41, 5.74) is -2.74. The van der Waals surface area contributed by atoms with Gasteiger partial charge < -0.3 is 39.0 Å². The molecule has 2 N–H and O–H groups in total. The third kappa shape index (κ3) is 10.1. The monoisotopic (exact) mass is 811 g/mol. The molecule has 1 fully saturated rings. The van der Waals surface area contributed by atoms with Gasteiger partial charge in [-0.05, 0) is 93.4 Å². The van der Waals surface area contributed by atoms with Crippen molar-refractivity contribution >= 4 is 57.5 Å². The number of nitrogens with one attached hydrogen (secondary N) is 2. The number of halogens is 1. The first-order valence-electron chi connectivity index (χ1n) is 18.3. The Balaban J connectivity index is 1.60. The number of fused-ring (bicyclic) bond motifs is 1. The third-order valence-corrected chi connectivity index (χ3v) is 9.53. The van der Waals surface area contributed by atoms with E-state index in [1.165, 1.54) is 50.3 Å². The predicted molar refractivity (Wildman–Crippen MR) is 211 cm³/mol. The zero-order chi connectivity index (χ0) is 42.1. The van der Waals surface area contributed by atoms with Crippen LogP contribution in [0.1, 0.15) is 80.8 Å². The number of nitrogens with zero attached hydrogens (tertiary/aromatic N) is 7. The summed E-state index contributed by atoms with van der Waals surface area (Å²) in [6, 6.07) is 4.53. The average molecular weight is 812 g/mol. The summed E-state index contributed by atoms with van der Waals surface area (Å²) in [4.78, 5) is 74.5. The second-order valence-electron chi connectivity index (χ2n) is 16.5. The van der Waals surface area contributed by atoms with Gasteiger partial charge in [0.1, 0.15) is 38.7 Å². The molecule has 4 amide bonds. The molecule has 0 spiro atoms. The van der Waals surface area contributed by atoms with Crippen LogP contribution in [0.15, 0.2) is 30.9 Å². The molecule has 1 atom stereocenters. The fourth-order valence-corrected chi connectivity index (χ4v) is 7.20. The number of piperidine rings is 1. The zero-order valence-corrected chi connectivity index (χ0v) is 34.9. The SMILES string of the molecule is CNC(=O)C1(NC(=O)OC(C)(C)C)CCCN(c2sc(-c3ccc(OC)c(F)c3)nc2Cn2cnc3c(N(C(=O)OC(C)(C)C)C(=O)OC(C)(C)C)ncnc32)C1. The highest BCUT2D eigenvalue weighted by molar-refractivity contribution is 7.19. The van der Waals surface area contributed by atoms with E-state index in [1.807, 2.05) is 4.90 Å². The molecule has 0 saturated carbocycles. The molecule has 1 aliphatic heterocycles. The minimum atomic E-state index is -1.36. The lowest BCUT2D eigenvalue weighted by Crippen LogP contribution is -2.66. The maximum Gasteiger partial charge on any atom is 0.425 e. The van der Waals surface area contributed by atoms with E-state index in [0.717, 1.165) is 0 Å². The van der Waals surface area contributed by atoms with Crippen molar-refractivity contribution in [2.24, 2.45) is 0 Å².